The molecule has 0 radical (unpaired) electrons. The van der Waals surface area contributed by atoms with Gasteiger partial charge in [-0.05, 0) is 56.2 Å². The largest absolute Gasteiger partial charge is 0.497 e. The predicted octanol–water partition coefficient (Wildman–Crippen LogP) is 3.58. The Morgan fingerprint density at radius 1 is 1.07 bits per heavy atom. The Labute approximate surface area is 158 Å². The van der Waals surface area contributed by atoms with E-state index in [4.69, 9.17) is 4.74 Å². The number of amides is 3. The number of carbonyl (C=O) groups excluding carboxylic acids is 2. The van der Waals surface area contributed by atoms with Crippen molar-refractivity contribution in [3.05, 3.63) is 70.4 Å². The van der Waals surface area contributed by atoms with Crippen LogP contribution in [0.25, 0.3) is 0 Å². The number of hydrogen-bond acceptors (Lipinski definition) is 3. The van der Waals surface area contributed by atoms with Crippen LogP contribution in [-0.4, -0.2) is 19.0 Å². The Morgan fingerprint density at radius 3 is 2.41 bits per heavy atom. The van der Waals surface area contributed by atoms with E-state index >= 15 is 0 Å². The van der Waals surface area contributed by atoms with Gasteiger partial charge in [0.05, 0.1) is 18.7 Å². The van der Waals surface area contributed by atoms with Crippen molar-refractivity contribution in [2.24, 2.45) is 0 Å². The van der Waals surface area contributed by atoms with E-state index in [1.807, 2.05) is 32.0 Å². The molecule has 6 heteroatoms. The number of anilines is 1. The summed E-state index contributed by atoms with van der Waals surface area (Å²) < 4.78 is 5.14. The monoisotopic (exact) mass is 365 g/mol. The number of methoxy groups -OCH3 is 1. The van der Waals surface area contributed by atoms with E-state index < -0.39 is 6.04 Å². The summed E-state index contributed by atoms with van der Waals surface area (Å²) in [6, 6.07) is 12.2. The van der Waals surface area contributed by atoms with Gasteiger partial charge in [-0.15, -0.1) is 0 Å². The highest BCUT2D eigenvalue weighted by molar-refractivity contribution is 6.06. The van der Waals surface area contributed by atoms with Crippen LogP contribution in [0.1, 0.15) is 29.7 Å². The Balaban J connectivity index is 1.94. The first-order valence-corrected chi connectivity index (χ1v) is 8.70. The molecule has 27 heavy (non-hydrogen) atoms. The number of aryl methyl sites for hydroxylation is 2. The molecule has 0 spiro atoms. The SMILES string of the molecule is COc1ccc(NC(=O)C2=C(C)NC(=O)NC2c2ccc(C)cc2C)cc1. The molecule has 3 amide bonds. The third-order valence-corrected chi connectivity index (χ3v) is 4.60. The first kappa shape index (κ1) is 18.5. The number of hydrogen-bond donors (Lipinski definition) is 3. The van der Waals surface area contributed by atoms with E-state index in [2.05, 4.69) is 16.0 Å². The fraction of sp³-hybridized carbons (Fsp3) is 0.238. The molecule has 1 unspecified atom stereocenters. The molecule has 1 atom stereocenters. The van der Waals surface area contributed by atoms with Gasteiger partial charge in [-0.1, -0.05) is 23.8 Å². The standard InChI is InChI=1S/C21H23N3O3/c1-12-5-10-17(13(2)11-12)19-18(14(3)22-21(26)24-19)20(25)23-15-6-8-16(27-4)9-7-15/h5-11,19H,1-4H3,(H,23,25)(H2,22,24,26). The zero-order valence-corrected chi connectivity index (χ0v) is 15.8. The summed E-state index contributed by atoms with van der Waals surface area (Å²) in [7, 11) is 1.59. The van der Waals surface area contributed by atoms with Crippen molar-refractivity contribution in [2.45, 2.75) is 26.8 Å². The number of nitrogens with one attached hydrogen (secondary N) is 3. The van der Waals surface area contributed by atoms with Gasteiger partial charge in [0, 0.05) is 11.4 Å². The summed E-state index contributed by atoms with van der Waals surface area (Å²) in [5.74, 6) is 0.443. The first-order chi connectivity index (χ1) is 12.9. The summed E-state index contributed by atoms with van der Waals surface area (Å²) >= 11 is 0. The molecule has 2 aromatic carbocycles. The molecule has 3 N–H and O–H groups in total. The zero-order chi connectivity index (χ0) is 19.6. The van der Waals surface area contributed by atoms with Crippen molar-refractivity contribution in [1.29, 1.82) is 0 Å². The van der Waals surface area contributed by atoms with Crippen LogP contribution in [-0.2, 0) is 4.79 Å². The van der Waals surface area contributed by atoms with Crippen molar-refractivity contribution in [1.82, 2.24) is 10.6 Å². The summed E-state index contributed by atoms with van der Waals surface area (Å²) in [5, 5.41) is 8.46. The van der Waals surface area contributed by atoms with Gasteiger partial charge in [-0.2, -0.15) is 0 Å². The fourth-order valence-electron chi connectivity index (χ4n) is 3.25. The second-order valence-corrected chi connectivity index (χ2v) is 6.61. The minimum atomic E-state index is -0.516. The van der Waals surface area contributed by atoms with E-state index in [1.165, 1.54) is 0 Å². The van der Waals surface area contributed by atoms with Crippen LogP contribution in [0.3, 0.4) is 0 Å². The minimum Gasteiger partial charge on any atom is -0.497 e. The normalized spacial score (nSPS) is 16.4. The van der Waals surface area contributed by atoms with Gasteiger partial charge < -0.3 is 20.7 Å². The number of allylic oxidation sites excluding steroid dienone is 1. The summed E-state index contributed by atoms with van der Waals surface area (Å²) in [5.41, 5.74) is 4.71. The topological polar surface area (TPSA) is 79.5 Å². The van der Waals surface area contributed by atoms with Crippen LogP contribution in [0, 0.1) is 13.8 Å². The molecular weight excluding hydrogens is 342 g/mol. The lowest BCUT2D eigenvalue weighted by atomic mass is 9.91. The van der Waals surface area contributed by atoms with Gasteiger partial charge in [0.25, 0.3) is 5.91 Å². The molecule has 3 rings (SSSR count). The van der Waals surface area contributed by atoms with Crippen LogP contribution in [0.5, 0.6) is 5.75 Å². The van der Waals surface area contributed by atoms with Crippen molar-refractivity contribution >= 4 is 17.6 Å². The van der Waals surface area contributed by atoms with Crippen molar-refractivity contribution in [2.75, 3.05) is 12.4 Å². The molecular formula is C21H23N3O3. The van der Waals surface area contributed by atoms with Crippen molar-refractivity contribution in [3.63, 3.8) is 0 Å². The maximum Gasteiger partial charge on any atom is 0.319 e. The maximum absolute atomic E-state index is 13.0. The lowest BCUT2D eigenvalue weighted by Crippen LogP contribution is -2.46. The predicted molar refractivity (Wildman–Crippen MR) is 105 cm³/mol. The molecule has 2 aromatic rings. The van der Waals surface area contributed by atoms with Crippen LogP contribution in [0.4, 0.5) is 10.5 Å². The van der Waals surface area contributed by atoms with Gasteiger partial charge in [-0.25, -0.2) is 4.79 Å². The minimum absolute atomic E-state index is 0.268. The maximum atomic E-state index is 13.0. The molecule has 0 saturated carbocycles. The Kier molecular flexibility index (Phi) is 5.16. The van der Waals surface area contributed by atoms with Gasteiger partial charge in [0.1, 0.15) is 5.75 Å². The lowest BCUT2D eigenvalue weighted by molar-refractivity contribution is -0.113. The van der Waals surface area contributed by atoms with Gasteiger partial charge in [0.2, 0.25) is 0 Å². The van der Waals surface area contributed by atoms with Gasteiger partial charge in [-0.3, -0.25) is 4.79 Å². The second kappa shape index (κ2) is 7.53. The van der Waals surface area contributed by atoms with Gasteiger partial charge in [0.15, 0.2) is 0 Å². The highest BCUT2D eigenvalue weighted by Gasteiger charge is 2.32. The molecule has 0 saturated heterocycles. The van der Waals surface area contributed by atoms with Crippen molar-refractivity contribution in [3.8, 4) is 5.75 Å². The Bertz CT molecular complexity index is 917. The zero-order valence-electron chi connectivity index (χ0n) is 15.8. The Hall–Kier alpha value is -3.28. The highest BCUT2D eigenvalue weighted by Crippen LogP contribution is 2.30. The number of urea groups is 1. The highest BCUT2D eigenvalue weighted by atomic mass is 16.5. The van der Waals surface area contributed by atoms with Crippen LogP contribution >= 0.6 is 0 Å². The molecule has 1 aliphatic rings. The van der Waals surface area contributed by atoms with E-state index in [0.29, 0.717) is 22.7 Å². The third kappa shape index (κ3) is 3.95. The van der Waals surface area contributed by atoms with E-state index in [0.717, 1.165) is 16.7 Å². The summed E-state index contributed by atoms with van der Waals surface area (Å²) in [6.07, 6.45) is 0. The third-order valence-electron chi connectivity index (χ3n) is 4.60. The summed E-state index contributed by atoms with van der Waals surface area (Å²) in [4.78, 5) is 25.0. The van der Waals surface area contributed by atoms with E-state index in [1.54, 1.807) is 38.3 Å². The first-order valence-electron chi connectivity index (χ1n) is 8.70. The molecule has 140 valence electrons. The van der Waals surface area contributed by atoms with Gasteiger partial charge >= 0.3 is 6.03 Å². The molecule has 0 bridgehead atoms. The average Bonchev–Trinajstić information content (AvgIpc) is 2.61. The number of benzene rings is 2. The molecule has 0 aliphatic carbocycles. The van der Waals surface area contributed by atoms with Crippen LogP contribution < -0.4 is 20.7 Å². The fourth-order valence-corrected chi connectivity index (χ4v) is 3.25. The average molecular weight is 365 g/mol. The van der Waals surface area contributed by atoms with Crippen LogP contribution in [0.15, 0.2) is 53.7 Å². The van der Waals surface area contributed by atoms with Crippen LogP contribution in [0.2, 0.25) is 0 Å². The quantitative estimate of drug-likeness (QED) is 0.775. The van der Waals surface area contributed by atoms with Crippen molar-refractivity contribution < 1.29 is 14.3 Å². The Morgan fingerprint density at radius 2 is 1.78 bits per heavy atom. The number of rotatable bonds is 4. The van der Waals surface area contributed by atoms with E-state index in [9.17, 15) is 9.59 Å². The summed E-state index contributed by atoms with van der Waals surface area (Å²) in [6.45, 7) is 5.72. The molecule has 1 aliphatic heterocycles. The molecule has 6 nitrogen and oxygen atoms in total. The molecule has 1 heterocycles. The molecule has 0 aromatic heterocycles. The second-order valence-electron chi connectivity index (χ2n) is 6.61. The van der Waals surface area contributed by atoms with E-state index in [-0.39, 0.29) is 11.9 Å². The molecule has 0 fully saturated rings. The lowest BCUT2D eigenvalue weighted by Gasteiger charge is -2.29. The number of ether oxygens (including phenoxy) is 1. The smallest absolute Gasteiger partial charge is 0.319 e. The number of carbonyl (C=O) groups is 2.